The van der Waals surface area contributed by atoms with E-state index in [4.69, 9.17) is 4.74 Å². The van der Waals surface area contributed by atoms with Gasteiger partial charge in [-0.3, -0.25) is 4.90 Å². The van der Waals surface area contributed by atoms with Gasteiger partial charge >= 0.3 is 0 Å². The van der Waals surface area contributed by atoms with Crippen LogP contribution in [0.3, 0.4) is 0 Å². The Bertz CT molecular complexity index is 279. The lowest BCUT2D eigenvalue weighted by atomic mass is 9.84. The maximum atomic E-state index is 5.85. The summed E-state index contributed by atoms with van der Waals surface area (Å²) >= 11 is 2.15. The molecule has 0 aromatic carbocycles. The normalized spacial score (nSPS) is 47.2. The minimum Gasteiger partial charge on any atom is -0.377 e. The third-order valence-electron chi connectivity index (χ3n) is 4.52. The lowest BCUT2D eigenvalue weighted by Crippen LogP contribution is -2.41. The second kappa shape index (κ2) is 3.89. The van der Waals surface area contributed by atoms with Gasteiger partial charge in [0.1, 0.15) is 0 Å². The summed E-state index contributed by atoms with van der Waals surface area (Å²) in [5.74, 6) is 1.38. The molecule has 3 fully saturated rings. The van der Waals surface area contributed by atoms with E-state index in [0.717, 1.165) is 6.61 Å². The molecule has 3 saturated heterocycles. The lowest BCUT2D eigenvalue weighted by Gasteiger charge is -2.34. The zero-order valence-corrected chi connectivity index (χ0v) is 11.3. The summed E-state index contributed by atoms with van der Waals surface area (Å²) in [5.41, 5.74) is 0.512. The second-order valence-electron chi connectivity index (χ2n) is 5.97. The van der Waals surface area contributed by atoms with Crippen molar-refractivity contribution in [2.24, 2.45) is 0 Å². The Morgan fingerprint density at radius 3 is 3.00 bits per heavy atom. The van der Waals surface area contributed by atoms with Gasteiger partial charge in [-0.1, -0.05) is 0 Å². The lowest BCUT2D eigenvalue weighted by molar-refractivity contribution is 0.0675. The van der Waals surface area contributed by atoms with Crippen LogP contribution in [0.1, 0.15) is 39.5 Å². The van der Waals surface area contributed by atoms with Crippen molar-refractivity contribution >= 4 is 11.8 Å². The van der Waals surface area contributed by atoms with Crippen LogP contribution in [0.2, 0.25) is 0 Å². The van der Waals surface area contributed by atoms with Crippen LogP contribution in [0.25, 0.3) is 0 Å². The first-order valence-electron chi connectivity index (χ1n) is 6.66. The van der Waals surface area contributed by atoms with Crippen LogP contribution in [-0.2, 0) is 4.74 Å². The number of hydrogen-bond acceptors (Lipinski definition) is 3. The number of nitrogens with zero attached hydrogens (tertiary/aromatic N) is 1. The van der Waals surface area contributed by atoms with Gasteiger partial charge in [0.2, 0.25) is 0 Å². The molecule has 0 amide bonds. The average molecular weight is 241 g/mol. The Kier molecular flexibility index (Phi) is 2.76. The Morgan fingerprint density at radius 2 is 2.31 bits per heavy atom. The standard InChI is InChI=1S/C13H23NOS/c1-3-15-11-7-13(9-12(2)10-16-12)5-4-6-14(13)8-11/h11H,3-10H2,1-2H3. The van der Waals surface area contributed by atoms with Crippen molar-refractivity contribution in [1.29, 1.82) is 0 Å². The molecular weight excluding hydrogens is 218 g/mol. The van der Waals surface area contributed by atoms with Crippen molar-refractivity contribution in [2.75, 3.05) is 25.4 Å². The molecule has 92 valence electrons. The zero-order valence-electron chi connectivity index (χ0n) is 10.5. The minimum atomic E-state index is 0.512. The van der Waals surface area contributed by atoms with Crippen molar-refractivity contribution in [2.45, 2.75) is 55.9 Å². The molecule has 3 rings (SSSR count). The van der Waals surface area contributed by atoms with Gasteiger partial charge in [-0.15, -0.1) is 0 Å². The fraction of sp³-hybridized carbons (Fsp3) is 1.00. The van der Waals surface area contributed by atoms with E-state index in [-0.39, 0.29) is 0 Å². The van der Waals surface area contributed by atoms with Crippen molar-refractivity contribution in [3.63, 3.8) is 0 Å². The first-order valence-corrected chi connectivity index (χ1v) is 7.65. The number of rotatable bonds is 4. The van der Waals surface area contributed by atoms with Crippen LogP contribution >= 0.6 is 11.8 Å². The highest BCUT2D eigenvalue weighted by Crippen LogP contribution is 2.55. The summed E-state index contributed by atoms with van der Waals surface area (Å²) in [5, 5.41) is 0. The highest BCUT2D eigenvalue weighted by Gasteiger charge is 2.54. The molecule has 3 unspecified atom stereocenters. The van der Waals surface area contributed by atoms with Crippen LogP contribution in [-0.4, -0.2) is 46.7 Å². The molecule has 0 aromatic rings. The number of thioether (sulfide) groups is 1. The molecule has 0 aromatic heterocycles. The van der Waals surface area contributed by atoms with Gasteiger partial charge in [0.15, 0.2) is 0 Å². The van der Waals surface area contributed by atoms with E-state index < -0.39 is 0 Å². The van der Waals surface area contributed by atoms with E-state index in [1.807, 2.05) is 0 Å². The van der Waals surface area contributed by atoms with Gasteiger partial charge in [0.25, 0.3) is 0 Å². The fourth-order valence-electron chi connectivity index (χ4n) is 3.79. The first-order chi connectivity index (χ1) is 7.66. The van der Waals surface area contributed by atoms with Gasteiger partial charge in [0, 0.05) is 29.2 Å². The van der Waals surface area contributed by atoms with Crippen LogP contribution in [0.4, 0.5) is 0 Å². The van der Waals surface area contributed by atoms with E-state index in [1.165, 1.54) is 44.5 Å². The summed E-state index contributed by atoms with van der Waals surface area (Å²) in [4.78, 5) is 2.73. The third-order valence-corrected chi connectivity index (χ3v) is 5.93. The van der Waals surface area contributed by atoms with E-state index in [9.17, 15) is 0 Å². The second-order valence-corrected chi connectivity index (χ2v) is 7.53. The summed E-state index contributed by atoms with van der Waals surface area (Å²) in [7, 11) is 0. The summed E-state index contributed by atoms with van der Waals surface area (Å²) in [6.45, 7) is 7.94. The highest BCUT2D eigenvalue weighted by molar-refractivity contribution is 8.07. The maximum absolute atomic E-state index is 5.85. The number of hydrogen-bond donors (Lipinski definition) is 0. The monoisotopic (exact) mass is 241 g/mol. The molecule has 0 saturated carbocycles. The smallest absolute Gasteiger partial charge is 0.0719 e. The minimum absolute atomic E-state index is 0.512. The van der Waals surface area contributed by atoms with Crippen LogP contribution < -0.4 is 0 Å². The van der Waals surface area contributed by atoms with E-state index in [0.29, 0.717) is 16.4 Å². The SMILES string of the molecule is CCOC1CN2CCCC2(CC2(C)CS2)C1. The molecule has 0 bridgehead atoms. The Balaban J connectivity index is 1.71. The van der Waals surface area contributed by atoms with Crippen molar-refractivity contribution in [3.05, 3.63) is 0 Å². The maximum Gasteiger partial charge on any atom is 0.0719 e. The molecule has 3 atom stereocenters. The Labute approximate surface area is 103 Å². The first kappa shape index (κ1) is 11.4. The predicted octanol–water partition coefficient (Wildman–Crippen LogP) is 2.53. The molecule has 0 N–H and O–H groups in total. The van der Waals surface area contributed by atoms with E-state index >= 15 is 0 Å². The highest BCUT2D eigenvalue weighted by atomic mass is 32.2. The largest absolute Gasteiger partial charge is 0.377 e. The Morgan fingerprint density at radius 1 is 1.50 bits per heavy atom. The van der Waals surface area contributed by atoms with E-state index in [1.54, 1.807) is 0 Å². The zero-order chi connectivity index (χ0) is 11.2. The van der Waals surface area contributed by atoms with Gasteiger partial charge in [-0.25, -0.2) is 0 Å². The number of ether oxygens (including phenoxy) is 1. The van der Waals surface area contributed by atoms with Crippen molar-refractivity contribution in [1.82, 2.24) is 4.90 Å². The molecule has 0 spiro atoms. The third kappa shape index (κ3) is 1.91. The van der Waals surface area contributed by atoms with Crippen LogP contribution in [0.5, 0.6) is 0 Å². The van der Waals surface area contributed by atoms with Crippen LogP contribution in [0, 0.1) is 0 Å². The molecule has 3 aliphatic heterocycles. The van der Waals surface area contributed by atoms with Gasteiger partial charge in [0.05, 0.1) is 6.10 Å². The molecule has 3 heteroatoms. The topological polar surface area (TPSA) is 12.5 Å². The summed E-state index contributed by atoms with van der Waals surface area (Å²) in [6, 6.07) is 0. The average Bonchev–Trinajstić information content (AvgIpc) is 2.67. The van der Waals surface area contributed by atoms with Gasteiger partial charge in [-0.05, 0) is 46.1 Å². The summed E-state index contributed by atoms with van der Waals surface area (Å²) < 4.78 is 6.45. The van der Waals surface area contributed by atoms with Crippen molar-refractivity contribution in [3.8, 4) is 0 Å². The molecule has 16 heavy (non-hydrogen) atoms. The predicted molar refractivity (Wildman–Crippen MR) is 69.0 cm³/mol. The molecule has 0 aliphatic carbocycles. The Hall–Kier alpha value is 0.270. The number of fused-ring (bicyclic) bond motifs is 1. The summed E-state index contributed by atoms with van der Waals surface area (Å²) in [6.07, 6.45) is 6.01. The molecule has 3 heterocycles. The van der Waals surface area contributed by atoms with Crippen LogP contribution in [0.15, 0.2) is 0 Å². The van der Waals surface area contributed by atoms with Gasteiger partial charge < -0.3 is 4.74 Å². The fourth-order valence-corrected chi connectivity index (χ4v) is 4.50. The molecule has 3 aliphatic rings. The molecule has 0 radical (unpaired) electrons. The molecular formula is C13H23NOS. The molecule has 2 nitrogen and oxygen atoms in total. The van der Waals surface area contributed by atoms with E-state index in [2.05, 4.69) is 30.5 Å². The van der Waals surface area contributed by atoms with Gasteiger partial charge in [-0.2, -0.15) is 11.8 Å². The quantitative estimate of drug-likeness (QED) is 0.702. The van der Waals surface area contributed by atoms with Crippen molar-refractivity contribution < 1.29 is 4.74 Å².